The maximum absolute atomic E-state index is 13.5. The van der Waals surface area contributed by atoms with Gasteiger partial charge in [-0.2, -0.15) is 0 Å². The molecule has 0 saturated heterocycles. The van der Waals surface area contributed by atoms with E-state index in [0.717, 1.165) is 6.07 Å². The summed E-state index contributed by atoms with van der Waals surface area (Å²) in [6.45, 7) is 5.16. The number of halogens is 3. The lowest BCUT2D eigenvalue weighted by Gasteiger charge is -2.19. The smallest absolute Gasteiger partial charge is 0.407 e. The Balaban J connectivity index is 2.26. The summed E-state index contributed by atoms with van der Waals surface area (Å²) >= 11 is 0. The summed E-state index contributed by atoms with van der Waals surface area (Å²) in [5.74, 6) is -6.03. The van der Waals surface area contributed by atoms with E-state index < -0.39 is 40.6 Å². The van der Waals surface area contributed by atoms with E-state index in [9.17, 15) is 27.6 Å². The van der Waals surface area contributed by atoms with Gasteiger partial charge in [0.05, 0.1) is 5.56 Å². The van der Waals surface area contributed by atoms with Crippen LogP contribution in [0.2, 0.25) is 0 Å². The molecule has 0 aromatic heterocycles. The molecule has 3 amide bonds. The van der Waals surface area contributed by atoms with E-state index >= 15 is 0 Å². The molecule has 0 heterocycles. The maximum Gasteiger partial charge on any atom is 0.407 e. The Kier molecular flexibility index (Phi) is 8.07. The van der Waals surface area contributed by atoms with E-state index in [0.29, 0.717) is 6.07 Å². The van der Waals surface area contributed by atoms with Crippen LogP contribution in [0.5, 0.6) is 0 Å². The maximum atomic E-state index is 13.5. The van der Waals surface area contributed by atoms with Crippen molar-refractivity contribution in [3.63, 3.8) is 0 Å². The molecular weight excluding hydrogens is 367 g/mol. The van der Waals surface area contributed by atoms with Crippen molar-refractivity contribution >= 4 is 17.9 Å². The van der Waals surface area contributed by atoms with Gasteiger partial charge in [0.1, 0.15) is 5.60 Å². The van der Waals surface area contributed by atoms with Gasteiger partial charge in [-0.15, -0.1) is 0 Å². The first-order chi connectivity index (χ1) is 12.5. The molecule has 0 radical (unpaired) electrons. The van der Waals surface area contributed by atoms with Crippen molar-refractivity contribution in [3.8, 4) is 0 Å². The third kappa shape index (κ3) is 7.97. The molecule has 150 valence electrons. The van der Waals surface area contributed by atoms with E-state index in [1.165, 1.54) is 0 Å². The Labute approximate surface area is 154 Å². The molecule has 1 rings (SSSR count). The summed E-state index contributed by atoms with van der Waals surface area (Å²) in [7, 11) is 0. The van der Waals surface area contributed by atoms with Crippen LogP contribution < -0.4 is 16.0 Å². The molecule has 0 saturated carbocycles. The van der Waals surface area contributed by atoms with Crippen LogP contribution in [-0.2, 0) is 9.53 Å². The van der Waals surface area contributed by atoms with Crippen LogP contribution in [0.25, 0.3) is 0 Å². The quantitative estimate of drug-likeness (QED) is 0.490. The number of hydrogen-bond donors (Lipinski definition) is 3. The largest absolute Gasteiger partial charge is 0.444 e. The first-order valence-electron chi connectivity index (χ1n) is 8.16. The van der Waals surface area contributed by atoms with Crippen LogP contribution in [0.4, 0.5) is 18.0 Å². The number of hydrogen-bond acceptors (Lipinski definition) is 4. The topological polar surface area (TPSA) is 96.5 Å². The number of alkyl carbamates (subject to hydrolysis) is 1. The minimum absolute atomic E-state index is 0.00894. The normalized spacial score (nSPS) is 10.9. The van der Waals surface area contributed by atoms with Crippen LogP contribution in [0.15, 0.2) is 12.1 Å². The molecular formula is C17H22F3N3O4. The van der Waals surface area contributed by atoms with Crippen molar-refractivity contribution in [1.29, 1.82) is 0 Å². The number of carbonyl (C=O) groups is 3. The van der Waals surface area contributed by atoms with Crippen molar-refractivity contribution in [1.82, 2.24) is 16.0 Å². The summed E-state index contributed by atoms with van der Waals surface area (Å²) < 4.78 is 44.4. The molecule has 0 fully saturated rings. The van der Waals surface area contributed by atoms with Gasteiger partial charge in [0.2, 0.25) is 5.91 Å². The summed E-state index contributed by atoms with van der Waals surface area (Å²) in [6.07, 6.45) is -0.651. The molecule has 0 aliphatic carbocycles. The first-order valence-corrected chi connectivity index (χ1v) is 8.16. The number of rotatable bonds is 7. The third-order valence-electron chi connectivity index (χ3n) is 3.03. The fourth-order valence-corrected chi connectivity index (χ4v) is 1.86. The minimum Gasteiger partial charge on any atom is -0.444 e. The zero-order valence-corrected chi connectivity index (χ0v) is 15.3. The Morgan fingerprint density at radius 3 is 2.19 bits per heavy atom. The Hall–Kier alpha value is -2.78. The van der Waals surface area contributed by atoms with Crippen LogP contribution >= 0.6 is 0 Å². The van der Waals surface area contributed by atoms with E-state index in [1.807, 2.05) is 0 Å². The molecule has 0 aliphatic heterocycles. The van der Waals surface area contributed by atoms with Crippen LogP contribution in [0.3, 0.4) is 0 Å². The highest BCUT2D eigenvalue weighted by Gasteiger charge is 2.18. The SMILES string of the molecule is CC(C)(C)OC(=O)NCCC(=O)NCCNC(=O)c1ccc(F)c(F)c1F. The van der Waals surface area contributed by atoms with Crippen molar-refractivity contribution in [3.05, 3.63) is 35.1 Å². The monoisotopic (exact) mass is 389 g/mol. The molecule has 7 nitrogen and oxygen atoms in total. The van der Waals surface area contributed by atoms with E-state index in [2.05, 4.69) is 16.0 Å². The second-order valence-corrected chi connectivity index (χ2v) is 6.51. The molecule has 27 heavy (non-hydrogen) atoms. The van der Waals surface area contributed by atoms with Gasteiger partial charge < -0.3 is 20.7 Å². The average molecular weight is 389 g/mol. The van der Waals surface area contributed by atoms with Gasteiger partial charge in [-0.05, 0) is 32.9 Å². The predicted octanol–water partition coefficient (Wildman–Crippen LogP) is 1.86. The minimum atomic E-state index is -1.73. The molecule has 1 aromatic rings. The van der Waals surface area contributed by atoms with Gasteiger partial charge in [0.15, 0.2) is 17.5 Å². The summed E-state index contributed by atoms with van der Waals surface area (Å²) in [6, 6.07) is 1.47. The predicted molar refractivity (Wildman–Crippen MR) is 90.5 cm³/mol. The average Bonchev–Trinajstić information content (AvgIpc) is 2.55. The standard InChI is InChI=1S/C17H22F3N3O4/c1-17(2,3)27-16(26)23-7-6-12(24)21-8-9-22-15(25)10-4-5-11(18)14(20)13(10)19/h4-5H,6-9H2,1-3H3,(H,21,24)(H,22,25)(H,23,26). The lowest BCUT2D eigenvalue weighted by molar-refractivity contribution is -0.120. The van der Waals surface area contributed by atoms with Gasteiger partial charge in [-0.25, -0.2) is 18.0 Å². The highest BCUT2D eigenvalue weighted by atomic mass is 19.2. The number of carbonyl (C=O) groups excluding carboxylic acids is 3. The third-order valence-corrected chi connectivity index (χ3v) is 3.03. The van der Waals surface area contributed by atoms with Crippen molar-refractivity contribution in [2.45, 2.75) is 32.8 Å². The number of ether oxygens (including phenoxy) is 1. The molecule has 0 spiro atoms. The lowest BCUT2D eigenvalue weighted by atomic mass is 10.2. The van der Waals surface area contributed by atoms with Gasteiger partial charge in [0.25, 0.3) is 5.91 Å². The summed E-state index contributed by atoms with van der Waals surface area (Å²) in [5.41, 5.74) is -1.28. The molecule has 0 atom stereocenters. The zero-order chi connectivity index (χ0) is 20.6. The zero-order valence-electron chi connectivity index (χ0n) is 15.3. The fourth-order valence-electron chi connectivity index (χ4n) is 1.86. The van der Waals surface area contributed by atoms with Crippen LogP contribution in [0, 0.1) is 17.5 Å². The van der Waals surface area contributed by atoms with Crippen molar-refractivity contribution in [2.24, 2.45) is 0 Å². The van der Waals surface area contributed by atoms with E-state index in [1.54, 1.807) is 20.8 Å². The second-order valence-electron chi connectivity index (χ2n) is 6.51. The molecule has 0 bridgehead atoms. The first kappa shape index (κ1) is 22.3. The summed E-state index contributed by atoms with van der Waals surface area (Å²) in [4.78, 5) is 34.7. The van der Waals surface area contributed by atoms with Gasteiger partial charge in [-0.1, -0.05) is 0 Å². The van der Waals surface area contributed by atoms with Gasteiger partial charge in [0, 0.05) is 26.1 Å². The Morgan fingerprint density at radius 2 is 1.56 bits per heavy atom. The molecule has 1 aromatic carbocycles. The number of nitrogens with one attached hydrogen (secondary N) is 3. The molecule has 10 heteroatoms. The van der Waals surface area contributed by atoms with Crippen molar-refractivity contribution in [2.75, 3.05) is 19.6 Å². The highest BCUT2D eigenvalue weighted by Crippen LogP contribution is 2.14. The second kappa shape index (κ2) is 9.79. The molecule has 3 N–H and O–H groups in total. The molecule has 0 unspecified atom stereocenters. The van der Waals surface area contributed by atoms with Crippen molar-refractivity contribution < 1.29 is 32.3 Å². The van der Waals surface area contributed by atoms with Crippen LogP contribution in [0.1, 0.15) is 37.6 Å². The number of benzene rings is 1. The lowest BCUT2D eigenvalue weighted by Crippen LogP contribution is -2.37. The molecule has 0 aliphatic rings. The fraction of sp³-hybridized carbons (Fsp3) is 0.471. The summed E-state index contributed by atoms with van der Waals surface area (Å²) in [5, 5.41) is 7.16. The van der Waals surface area contributed by atoms with E-state index in [-0.39, 0.29) is 32.0 Å². The Bertz CT molecular complexity index is 705. The van der Waals surface area contributed by atoms with Gasteiger partial charge in [-0.3, -0.25) is 9.59 Å². The highest BCUT2D eigenvalue weighted by molar-refractivity contribution is 5.94. The van der Waals surface area contributed by atoms with Gasteiger partial charge >= 0.3 is 6.09 Å². The van der Waals surface area contributed by atoms with E-state index in [4.69, 9.17) is 4.74 Å². The van der Waals surface area contributed by atoms with Crippen LogP contribution in [-0.4, -0.2) is 43.1 Å². The number of amides is 3. The Morgan fingerprint density at radius 1 is 0.926 bits per heavy atom.